The van der Waals surface area contributed by atoms with Crippen molar-refractivity contribution in [2.75, 3.05) is 13.1 Å². The molecule has 31 heavy (non-hydrogen) atoms. The average Bonchev–Trinajstić information content (AvgIpc) is 2.75. The number of carbonyl (C=O) groups is 1. The third-order valence-corrected chi connectivity index (χ3v) is 7.34. The molecule has 5 heteroatoms. The van der Waals surface area contributed by atoms with Crippen molar-refractivity contribution >= 4 is 5.78 Å². The summed E-state index contributed by atoms with van der Waals surface area (Å²) >= 11 is 0. The van der Waals surface area contributed by atoms with Crippen molar-refractivity contribution in [1.29, 1.82) is 0 Å². The summed E-state index contributed by atoms with van der Waals surface area (Å²) in [4.78, 5) is 12.2. The Hall–Kier alpha value is -1.59. The molecule has 2 saturated carbocycles. The van der Waals surface area contributed by atoms with Crippen molar-refractivity contribution < 1.29 is 20.1 Å². The third kappa shape index (κ3) is 6.23. The monoisotopic (exact) mass is 435 g/mol. The van der Waals surface area contributed by atoms with Crippen LogP contribution in [0.1, 0.15) is 80.1 Å². The Kier molecular flexibility index (Phi) is 11.6. The standard InChI is InChI=1S/C18H26O4.C8H19N/c1-4-18-14(7-8-15(21)17(18)22)11(2)10-13(6-5-9-19)16(18)12(3)20;1-4-8(5-2)7-9-6-3/h5-6,9,11,14,17,19-20,22H,4,7-8,10H2,1-3H3;8-9H,4-7H2,1-3H3/b9-5+,13-6-,16-12-;/t11?,14?,17?,18-;/m1./s1. The molecule has 0 spiro atoms. The predicted molar refractivity (Wildman–Crippen MR) is 128 cm³/mol. The first-order chi connectivity index (χ1) is 14.7. The highest BCUT2D eigenvalue weighted by molar-refractivity contribution is 5.86. The zero-order valence-corrected chi connectivity index (χ0v) is 20.4. The Balaban J connectivity index is 0.000000452. The molecule has 178 valence electrons. The Labute approximate surface area is 189 Å². The lowest BCUT2D eigenvalue weighted by Crippen LogP contribution is -2.55. The van der Waals surface area contributed by atoms with E-state index in [1.807, 2.05) is 6.92 Å². The van der Waals surface area contributed by atoms with Gasteiger partial charge in [0.05, 0.1) is 12.0 Å². The van der Waals surface area contributed by atoms with Gasteiger partial charge in [-0.3, -0.25) is 4.79 Å². The minimum absolute atomic E-state index is 0.136. The Morgan fingerprint density at radius 3 is 2.39 bits per heavy atom. The summed E-state index contributed by atoms with van der Waals surface area (Å²) < 4.78 is 0. The van der Waals surface area contributed by atoms with Gasteiger partial charge in [0.15, 0.2) is 5.78 Å². The molecule has 4 atom stereocenters. The van der Waals surface area contributed by atoms with Gasteiger partial charge in [0, 0.05) is 17.4 Å². The van der Waals surface area contributed by atoms with Crippen molar-refractivity contribution in [3.05, 3.63) is 35.3 Å². The smallest absolute Gasteiger partial charge is 0.162 e. The number of allylic oxidation sites excluding steroid dienone is 4. The summed E-state index contributed by atoms with van der Waals surface area (Å²) in [5.41, 5.74) is 0.863. The normalized spacial score (nSPS) is 31.5. The fourth-order valence-electron chi connectivity index (χ4n) is 5.62. The quantitative estimate of drug-likeness (QED) is 0.389. The van der Waals surface area contributed by atoms with Crippen molar-refractivity contribution in [3.63, 3.8) is 0 Å². The van der Waals surface area contributed by atoms with Gasteiger partial charge in [-0.15, -0.1) is 0 Å². The van der Waals surface area contributed by atoms with Gasteiger partial charge in [-0.05, 0) is 68.7 Å². The summed E-state index contributed by atoms with van der Waals surface area (Å²) in [6.07, 6.45) is 8.32. The topological polar surface area (TPSA) is 89.8 Å². The highest BCUT2D eigenvalue weighted by Crippen LogP contribution is 2.58. The number of ketones is 1. The first-order valence-electron chi connectivity index (χ1n) is 12.1. The summed E-state index contributed by atoms with van der Waals surface area (Å²) in [6, 6.07) is 0. The second-order valence-corrected chi connectivity index (χ2v) is 9.07. The zero-order chi connectivity index (χ0) is 23.6. The molecule has 4 N–H and O–H groups in total. The van der Waals surface area contributed by atoms with Crippen LogP contribution in [0, 0.1) is 23.2 Å². The predicted octanol–water partition coefficient (Wildman–Crippen LogP) is 5.62. The molecule has 0 amide bonds. The number of carbonyl (C=O) groups excluding carboxylic acids is 1. The van der Waals surface area contributed by atoms with Crippen molar-refractivity contribution in [2.45, 2.75) is 86.2 Å². The molecule has 0 aromatic carbocycles. The van der Waals surface area contributed by atoms with Gasteiger partial charge in [0.2, 0.25) is 0 Å². The van der Waals surface area contributed by atoms with Crippen LogP contribution >= 0.6 is 0 Å². The molecule has 5 nitrogen and oxygen atoms in total. The fraction of sp³-hybridized carbons (Fsp3) is 0.731. The van der Waals surface area contributed by atoms with Crippen LogP contribution in [-0.4, -0.2) is 40.3 Å². The maximum absolute atomic E-state index is 12.2. The molecule has 0 aromatic heterocycles. The van der Waals surface area contributed by atoms with Gasteiger partial charge in [0.25, 0.3) is 0 Å². The van der Waals surface area contributed by atoms with Gasteiger partial charge in [-0.1, -0.05) is 53.5 Å². The lowest BCUT2D eigenvalue weighted by atomic mass is 9.50. The number of rotatable bonds is 7. The summed E-state index contributed by atoms with van der Waals surface area (Å²) in [5.74, 6) is 1.40. The van der Waals surface area contributed by atoms with Gasteiger partial charge in [-0.2, -0.15) is 0 Å². The van der Waals surface area contributed by atoms with E-state index in [1.165, 1.54) is 25.5 Å². The fourth-order valence-corrected chi connectivity index (χ4v) is 5.62. The van der Waals surface area contributed by atoms with Gasteiger partial charge >= 0.3 is 0 Å². The highest BCUT2D eigenvalue weighted by Gasteiger charge is 2.57. The highest BCUT2D eigenvalue weighted by atomic mass is 16.3. The van der Waals surface area contributed by atoms with Crippen molar-refractivity contribution in [1.82, 2.24) is 5.32 Å². The number of aliphatic hydroxyl groups excluding tert-OH is 3. The molecular weight excluding hydrogens is 390 g/mol. The summed E-state index contributed by atoms with van der Waals surface area (Å²) in [6.45, 7) is 14.7. The van der Waals surface area contributed by atoms with E-state index in [9.17, 15) is 15.0 Å². The van der Waals surface area contributed by atoms with E-state index in [0.29, 0.717) is 24.3 Å². The van der Waals surface area contributed by atoms with Crippen LogP contribution in [0.15, 0.2) is 35.3 Å². The largest absolute Gasteiger partial charge is 0.516 e. The number of aliphatic hydroxyl groups is 3. The van der Waals surface area contributed by atoms with E-state index < -0.39 is 11.5 Å². The number of Topliss-reactive ketones (excluding diaryl/α,β-unsaturated/α-hetero) is 1. The minimum Gasteiger partial charge on any atom is -0.516 e. The van der Waals surface area contributed by atoms with Crippen molar-refractivity contribution in [2.24, 2.45) is 23.2 Å². The van der Waals surface area contributed by atoms with Crippen LogP contribution in [0.2, 0.25) is 0 Å². The molecule has 2 fully saturated rings. The molecule has 2 aliphatic carbocycles. The second-order valence-electron chi connectivity index (χ2n) is 9.07. The van der Waals surface area contributed by atoms with Crippen LogP contribution in [0.3, 0.4) is 0 Å². The third-order valence-electron chi connectivity index (χ3n) is 7.34. The van der Waals surface area contributed by atoms with Gasteiger partial charge in [-0.25, -0.2) is 0 Å². The first kappa shape index (κ1) is 27.4. The lowest BCUT2D eigenvalue weighted by molar-refractivity contribution is -0.144. The maximum Gasteiger partial charge on any atom is 0.162 e. The van der Waals surface area contributed by atoms with Crippen LogP contribution in [-0.2, 0) is 4.79 Å². The molecule has 0 radical (unpaired) electrons. The van der Waals surface area contributed by atoms with E-state index in [-0.39, 0.29) is 17.5 Å². The Morgan fingerprint density at radius 2 is 1.90 bits per heavy atom. The average molecular weight is 436 g/mol. The van der Waals surface area contributed by atoms with Crippen LogP contribution in [0.4, 0.5) is 0 Å². The van der Waals surface area contributed by atoms with E-state index in [2.05, 4.69) is 33.0 Å². The first-order valence-corrected chi connectivity index (χ1v) is 12.1. The van der Waals surface area contributed by atoms with Crippen LogP contribution in [0.25, 0.3) is 0 Å². The Morgan fingerprint density at radius 1 is 1.26 bits per heavy atom. The number of fused-ring (bicyclic) bond motifs is 1. The lowest BCUT2D eigenvalue weighted by Gasteiger charge is -2.54. The maximum atomic E-state index is 12.2. The number of hydrogen-bond acceptors (Lipinski definition) is 5. The number of hydrogen-bond donors (Lipinski definition) is 4. The second kappa shape index (κ2) is 13.1. The number of nitrogens with one attached hydrogen (secondary N) is 1. The SMILES string of the molecule is CCNCC(CC)CC.CC[C@]12C(=C(/C)O)/C(=C\C=C\O)CC(C)C1CCC(=O)C2O. The van der Waals surface area contributed by atoms with Gasteiger partial charge < -0.3 is 20.6 Å². The zero-order valence-electron chi connectivity index (χ0n) is 20.4. The van der Waals surface area contributed by atoms with E-state index >= 15 is 0 Å². The molecule has 0 saturated heterocycles. The van der Waals surface area contributed by atoms with Crippen LogP contribution < -0.4 is 5.32 Å². The molecular formula is C26H45NO4. The molecule has 2 rings (SSSR count). The van der Waals surface area contributed by atoms with E-state index in [4.69, 9.17) is 5.11 Å². The molecule has 3 unspecified atom stereocenters. The minimum atomic E-state index is -1.07. The molecule has 0 heterocycles. The molecule has 0 aromatic rings. The summed E-state index contributed by atoms with van der Waals surface area (Å²) in [5, 5.41) is 33.3. The summed E-state index contributed by atoms with van der Waals surface area (Å²) in [7, 11) is 0. The van der Waals surface area contributed by atoms with Crippen LogP contribution in [0.5, 0.6) is 0 Å². The molecule has 2 aliphatic rings. The van der Waals surface area contributed by atoms with Gasteiger partial charge in [0.1, 0.15) is 6.10 Å². The molecule has 0 bridgehead atoms. The molecule has 0 aliphatic heterocycles. The Bertz CT molecular complexity index is 658. The van der Waals surface area contributed by atoms with Crippen molar-refractivity contribution in [3.8, 4) is 0 Å². The van der Waals surface area contributed by atoms with E-state index in [0.717, 1.165) is 37.1 Å². The van der Waals surface area contributed by atoms with E-state index in [1.54, 1.807) is 13.0 Å².